The Morgan fingerprint density at radius 3 is 0.748 bits per heavy atom. The van der Waals surface area contributed by atoms with Crippen LogP contribution in [0.5, 0.6) is 0 Å². The van der Waals surface area contributed by atoms with Crippen LogP contribution in [0.1, 0.15) is 102 Å². The quantitative estimate of drug-likeness (QED) is 0.0160. The van der Waals surface area contributed by atoms with E-state index < -0.39 is 219 Å². The van der Waals surface area contributed by atoms with Gasteiger partial charge in [-0.3, -0.25) is 76.7 Å². The van der Waals surface area contributed by atoms with Crippen LogP contribution in [0.15, 0.2) is 0 Å². The second kappa shape index (κ2) is 61.3. The van der Waals surface area contributed by atoms with Gasteiger partial charge in [0, 0.05) is 122 Å². The molecule has 0 aromatic carbocycles. The predicted molar refractivity (Wildman–Crippen MR) is 410 cm³/mol. The molecule has 0 aliphatic carbocycles. The molecule has 15 atom stereocenters. The maximum absolute atomic E-state index is 13.0. The van der Waals surface area contributed by atoms with Crippen LogP contribution in [0.3, 0.4) is 0 Å². The fourth-order valence-corrected chi connectivity index (χ4v) is 11.9. The van der Waals surface area contributed by atoms with E-state index in [9.17, 15) is 76.7 Å². The third kappa shape index (κ3) is 47.0. The zero-order chi connectivity index (χ0) is 91.2. The van der Waals surface area contributed by atoms with E-state index in [4.69, 9.17) is 119 Å². The third-order valence-electron chi connectivity index (χ3n) is 16.7. The predicted octanol–water partition coefficient (Wildman–Crippen LogP) is -5.51. The lowest BCUT2D eigenvalue weighted by atomic mass is 9.96. The molecule has 48 nitrogen and oxygen atoms in total. The van der Waals surface area contributed by atoms with E-state index in [0.717, 1.165) is 62.3 Å². The minimum absolute atomic E-state index is 0.0208. The normalized spacial score (nSPS) is 22.7. The molecular formula is C75H122N8O40. The first-order chi connectivity index (χ1) is 58.5. The summed E-state index contributed by atoms with van der Waals surface area (Å²) < 4.78 is 135. The summed E-state index contributed by atoms with van der Waals surface area (Å²) in [5.41, 5.74) is 4.24. The molecule has 9 N–H and O–H groups in total. The maximum atomic E-state index is 13.0. The van der Waals surface area contributed by atoms with Gasteiger partial charge in [0.2, 0.25) is 41.4 Å². The van der Waals surface area contributed by atoms with Gasteiger partial charge in [-0.05, 0) is 0 Å². The Bertz CT molecular complexity index is 2990. The number of rotatable bonds is 62. The Morgan fingerprint density at radius 1 is 0.285 bits per heavy atom. The largest absolute Gasteiger partial charge is 0.463 e. The Hall–Kier alpha value is -9.12. The van der Waals surface area contributed by atoms with Gasteiger partial charge >= 0.3 is 53.7 Å². The summed E-state index contributed by atoms with van der Waals surface area (Å²) in [4.78, 5) is 197. The van der Waals surface area contributed by atoms with Crippen LogP contribution in [0.4, 0.5) is 0 Å². The number of amides is 7. The number of carbonyl (C=O) groups is 16. The second-order valence-corrected chi connectivity index (χ2v) is 27.4. The zero-order valence-corrected chi connectivity index (χ0v) is 71.5. The SMILES string of the molecule is CC(=O)NC1[C@H](OCCOCCOCCNC(=O)CCOCC(COCCC(=O)NCCOCCOCCO[C@@H]2OC(COC(C)=O)[C@H](OC(C)=O)[C@H](OC(C)=O)C2NC(C)=O)(COCCC(=O)NCCOCCOCCO[C@@H]2OC(COC(C)=O)[C@H](OC(C)=O)[C@H](OC(C)=O)C2NC(C)=O)NC(=O)CN)OC(COC(C)=O)[C@H](OC(C)=O)[C@@H]1OC(C)=O. The fraction of sp³-hybridized carbons (Fsp3) is 0.787. The van der Waals surface area contributed by atoms with Crippen LogP contribution in [-0.2, 0) is 190 Å². The molecule has 3 aliphatic rings. The highest BCUT2D eigenvalue weighted by Crippen LogP contribution is 2.32. The molecule has 702 valence electrons. The van der Waals surface area contributed by atoms with Gasteiger partial charge in [-0.2, -0.15) is 0 Å². The van der Waals surface area contributed by atoms with Crippen LogP contribution >= 0.6 is 0 Å². The summed E-state index contributed by atoms with van der Waals surface area (Å²) in [5.74, 6) is -10.3. The second-order valence-electron chi connectivity index (χ2n) is 27.4. The van der Waals surface area contributed by atoms with Gasteiger partial charge in [-0.1, -0.05) is 0 Å². The fourth-order valence-electron chi connectivity index (χ4n) is 11.9. The highest BCUT2D eigenvalue weighted by Gasteiger charge is 2.54. The first kappa shape index (κ1) is 108. The molecular weight excluding hydrogens is 1650 g/mol. The molecule has 0 aromatic rings. The lowest BCUT2D eigenvalue weighted by Crippen LogP contribution is -2.66. The Labute approximate surface area is 710 Å². The lowest BCUT2D eigenvalue weighted by molar-refractivity contribution is -0.279. The van der Waals surface area contributed by atoms with E-state index in [-0.39, 0.29) is 178 Å². The van der Waals surface area contributed by atoms with Crippen molar-refractivity contribution >= 4 is 95.1 Å². The van der Waals surface area contributed by atoms with E-state index in [0.29, 0.717) is 0 Å². The van der Waals surface area contributed by atoms with E-state index >= 15 is 0 Å². The van der Waals surface area contributed by atoms with Crippen molar-refractivity contribution < 1.29 is 190 Å². The van der Waals surface area contributed by atoms with Crippen molar-refractivity contribution in [2.45, 2.75) is 200 Å². The van der Waals surface area contributed by atoms with Crippen molar-refractivity contribution in [2.24, 2.45) is 5.73 Å². The summed E-state index contributed by atoms with van der Waals surface area (Å²) in [6.45, 7) is 11.0. The Balaban J connectivity index is 1.53. The summed E-state index contributed by atoms with van der Waals surface area (Å²) in [6, 6.07) is -3.53. The van der Waals surface area contributed by atoms with Gasteiger partial charge in [-0.15, -0.1) is 0 Å². The van der Waals surface area contributed by atoms with Crippen molar-refractivity contribution in [3.8, 4) is 0 Å². The van der Waals surface area contributed by atoms with Crippen molar-refractivity contribution in [3.05, 3.63) is 0 Å². The first-order valence-electron chi connectivity index (χ1n) is 39.6. The summed E-state index contributed by atoms with van der Waals surface area (Å²) in [6.07, 6.45) is -15.7. The first-order valence-corrected chi connectivity index (χ1v) is 39.6. The lowest BCUT2D eigenvalue weighted by Gasteiger charge is -2.44. The molecule has 0 radical (unpaired) electrons. The van der Waals surface area contributed by atoms with Crippen LogP contribution in [0, 0.1) is 0 Å². The van der Waals surface area contributed by atoms with Gasteiger partial charge < -0.3 is 157 Å². The van der Waals surface area contributed by atoms with Gasteiger partial charge in [0.05, 0.1) is 145 Å². The molecule has 3 rings (SSSR count). The van der Waals surface area contributed by atoms with Crippen LogP contribution < -0.4 is 43.0 Å². The number of nitrogens with two attached hydrogens (primary N) is 1. The van der Waals surface area contributed by atoms with Crippen molar-refractivity contribution in [3.63, 3.8) is 0 Å². The zero-order valence-electron chi connectivity index (χ0n) is 71.5. The highest BCUT2D eigenvalue weighted by molar-refractivity contribution is 5.79. The van der Waals surface area contributed by atoms with Crippen LogP contribution in [0.25, 0.3) is 0 Å². The number of nitrogens with one attached hydrogen (secondary N) is 7. The molecule has 0 bridgehead atoms. The molecule has 0 saturated carbocycles. The molecule has 3 fully saturated rings. The minimum Gasteiger partial charge on any atom is -0.463 e. The number of ether oxygens (including phenoxy) is 24. The van der Waals surface area contributed by atoms with Gasteiger partial charge in [-0.25, -0.2) is 0 Å². The van der Waals surface area contributed by atoms with Gasteiger partial charge in [0.25, 0.3) is 0 Å². The maximum Gasteiger partial charge on any atom is 0.303 e. The number of esters is 9. The Morgan fingerprint density at radius 2 is 0.520 bits per heavy atom. The van der Waals surface area contributed by atoms with Crippen LogP contribution in [-0.4, -0.2) is 377 Å². The van der Waals surface area contributed by atoms with Crippen molar-refractivity contribution in [2.75, 3.05) is 185 Å². The van der Waals surface area contributed by atoms with E-state index in [1.807, 2.05) is 0 Å². The minimum atomic E-state index is -1.50. The van der Waals surface area contributed by atoms with Gasteiger partial charge in [0.15, 0.2) is 55.5 Å². The topological polar surface area (TPSA) is 605 Å². The average molecular weight is 1780 g/mol. The standard InChI is InChI=1S/C75H122N8O40/c1-44(84)80-63-69(118-53(10)93)66(115-50(7)90)56(38-112-47(4)87)121-72(63)109-34-31-103-28-25-100-22-16-77-59(96)13-19-106-41-75(83-62(99)37-76,42-107-20-14-60(97)78-17-23-101-26-29-104-32-35-110-73-64(81-45(2)85)70(119-54(11)94)67(116-51(8)91)57(122-73)39-113-48(5)88)43-108-21-15-61(98)79-18-24-102-27-30-105-33-36-111-74-65(82-46(3)86)71(120-55(12)95)68(117-52(9)92)58(123-74)40-114-49(6)89/h56-58,63-74H,13-43,76H2,1-12H3,(H,77,96)(H,78,97)(H,79,98)(H,80,84)(H,81,85)(H,82,86)(H,83,99)/t56?,57?,58?,63?,64?,65?,66-,67-,68-,69+,70+,71+,72+,73+,74+,75?/m0/s1. The third-order valence-corrected chi connectivity index (χ3v) is 16.7. The molecule has 123 heavy (non-hydrogen) atoms. The highest BCUT2D eigenvalue weighted by atomic mass is 16.7. The molecule has 48 heteroatoms. The monoisotopic (exact) mass is 1770 g/mol. The van der Waals surface area contributed by atoms with E-state index in [1.165, 1.54) is 20.8 Å². The van der Waals surface area contributed by atoms with E-state index in [1.54, 1.807) is 0 Å². The van der Waals surface area contributed by atoms with Crippen molar-refractivity contribution in [1.82, 2.24) is 37.2 Å². The number of hydrogen-bond acceptors (Lipinski definition) is 41. The molecule has 6 unspecified atom stereocenters. The summed E-state index contributed by atoms with van der Waals surface area (Å²) >= 11 is 0. The summed E-state index contributed by atoms with van der Waals surface area (Å²) in [5, 5.41) is 18.7. The Kier molecular flexibility index (Phi) is 53.8. The van der Waals surface area contributed by atoms with Crippen LogP contribution in [0.2, 0.25) is 0 Å². The molecule has 3 heterocycles. The molecule has 7 amide bonds. The van der Waals surface area contributed by atoms with Gasteiger partial charge in [0.1, 0.15) is 61.8 Å². The average Bonchev–Trinajstić information content (AvgIpc) is 0.796. The smallest absolute Gasteiger partial charge is 0.303 e. The number of carbonyl (C=O) groups excluding carboxylic acids is 16. The number of hydrogen-bond donors (Lipinski definition) is 8. The molecule has 3 aliphatic heterocycles. The molecule has 0 spiro atoms. The molecule has 0 aromatic heterocycles. The van der Waals surface area contributed by atoms with E-state index in [2.05, 4.69) is 37.2 Å². The molecule has 3 saturated heterocycles. The summed E-state index contributed by atoms with van der Waals surface area (Å²) in [7, 11) is 0. The van der Waals surface area contributed by atoms with Crippen molar-refractivity contribution in [1.29, 1.82) is 0 Å².